The van der Waals surface area contributed by atoms with Crippen molar-refractivity contribution in [1.82, 2.24) is 14.9 Å². The van der Waals surface area contributed by atoms with Crippen molar-refractivity contribution in [3.8, 4) is 5.75 Å². The monoisotopic (exact) mass is 408 g/mol. The van der Waals surface area contributed by atoms with E-state index < -0.39 is 5.82 Å². The predicted octanol–water partition coefficient (Wildman–Crippen LogP) is 4.27. The summed E-state index contributed by atoms with van der Waals surface area (Å²) in [6.07, 6.45) is 3.46. The van der Waals surface area contributed by atoms with Crippen LogP contribution in [0, 0.1) is 5.82 Å². The second-order valence-electron chi connectivity index (χ2n) is 7.43. The van der Waals surface area contributed by atoms with E-state index in [2.05, 4.69) is 15.3 Å². The largest absolute Gasteiger partial charge is 0.490 e. The van der Waals surface area contributed by atoms with Crippen LogP contribution in [-0.2, 0) is 0 Å². The van der Waals surface area contributed by atoms with Crippen LogP contribution in [0.4, 0.5) is 10.2 Å². The maximum atomic E-state index is 14.2. The molecular formula is C23H25FN4O2. The Morgan fingerprint density at radius 2 is 2.03 bits per heavy atom. The Morgan fingerprint density at radius 1 is 1.23 bits per heavy atom. The fourth-order valence-electron chi connectivity index (χ4n) is 3.96. The van der Waals surface area contributed by atoms with Crippen molar-refractivity contribution < 1.29 is 13.9 Å². The summed E-state index contributed by atoms with van der Waals surface area (Å²) < 4.78 is 19.7. The SMILES string of the molecule is CCOc1c(F)cccc1C(=O)N1CCC[C@@H](Nc2cnc3ccccc3n2)[C@H]1C. The van der Waals surface area contributed by atoms with Crippen LogP contribution < -0.4 is 10.1 Å². The number of anilines is 1. The van der Waals surface area contributed by atoms with Gasteiger partial charge in [0.1, 0.15) is 5.82 Å². The highest BCUT2D eigenvalue weighted by atomic mass is 19.1. The number of amides is 1. The Morgan fingerprint density at radius 3 is 2.83 bits per heavy atom. The lowest BCUT2D eigenvalue weighted by Gasteiger charge is -2.40. The molecule has 156 valence electrons. The topological polar surface area (TPSA) is 67.3 Å². The number of nitrogens with one attached hydrogen (secondary N) is 1. The number of nitrogens with zero attached hydrogens (tertiary/aromatic N) is 3. The van der Waals surface area contributed by atoms with Gasteiger partial charge in [-0.1, -0.05) is 18.2 Å². The number of rotatable bonds is 5. The van der Waals surface area contributed by atoms with Crippen LogP contribution in [0.25, 0.3) is 11.0 Å². The smallest absolute Gasteiger partial charge is 0.258 e. The lowest BCUT2D eigenvalue weighted by Crippen LogP contribution is -2.52. The molecular weight excluding hydrogens is 383 g/mol. The van der Waals surface area contributed by atoms with Crippen molar-refractivity contribution in [2.45, 2.75) is 38.8 Å². The van der Waals surface area contributed by atoms with Crippen LogP contribution in [0.2, 0.25) is 0 Å². The number of hydrogen-bond acceptors (Lipinski definition) is 5. The number of likely N-dealkylation sites (tertiary alicyclic amines) is 1. The summed E-state index contributed by atoms with van der Waals surface area (Å²) >= 11 is 0. The van der Waals surface area contributed by atoms with E-state index in [1.807, 2.05) is 31.2 Å². The van der Waals surface area contributed by atoms with Gasteiger partial charge in [-0.3, -0.25) is 9.78 Å². The van der Waals surface area contributed by atoms with Crippen molar-refractivity contribution in [3.05, 3.63) is 60.0 Å². The molecule has 0 bridgehead atoms. The quantitative estimate of drug-likeness (QED) is 0.683. The van der Waals surface area contributed by atoms with Gasteiger partial charge in [-0.2, -0.15) is 0 Å². The number of fused-ring (bicyclic) bond motifs is 1. The molecule has 1 aliphatic heterocycles. The third kappa shape index (κ3) is 3.92. The highest BCUT2D eigenvalue weighted by molar-refractivity contribution is 5.97. The van der Waals surface area contributed by atoms with Crippen LogP contribution >= 0.6 is 0 Å². The minimum absolute atomic E-state index is 0.0160. The molecule has 0 radical (unpaired) electrons. The molecule has 0 aliphatic carbocycles. The fourth-order valence-corrected chi connectivity index (χ4v) is 3.96. The lowest BCUT2D eigenvalue weighted by atomic mass is 9.96. The number of ether oxygens (including phenoxy) is 1. The van der Waals surface area contributed by atoms with E-state index in [0.717, 1.165) is 23.9 Å². The van der Waals surface area contributed by atoms with E-state index in [9.17, 15) is 9.18 Å². The lowest BCUT2D eigenvalue weighted by molar-refractivity contribution is 0.0611. The molecule has 0 unspecified atom stereocenters. The first-order valence-corrected chi connectivity index (χ1v) is 10.3. The highest BCUT2D eigenvalue weighted by Crippen LogP contribution is 2.28. The Bertz CT molecular complexity index is 1060. The summed E-state index contributed by atoms with van der Waals surface area (Å²) in [4.78, 5) is 24.1. The Kier molecular flexibility index (Phi) is 5.79. The standard InChI is InChI=1S/C23H25FN4O2/c1-3-30-22-16(8-6-9-17(22)24)23(29)28-13-7-12-18(15(28)2)26-21-14-25-19-10-4-5-11-20(19)27-21/h4-6,8-11,14-15,18H,3,7,12-13H2,1-2H3,(H,26,27)/t15-,18-/m1/s1. The molecule has 4 rings (SSSR count). The molecule has 0 spiro atoms. The van der Waals surface area contributed by atoms with Crippen molar-refractivity contribution in [2.75, 3.05) is 18.5 Å². The summed E-state index contributed by atoms with van der Waals surface area (Å²) in [5.74, 6) is -0.0386. The fraction of sp³-hybridized carbons (Fsp3) is 0.348. The van der Waals surface area contributed by atoms with Gasteiger partial charge in [0.25, 0.3) is 5.91 Å². The summed E-state index contributed by atoms with van der Waals surface area (Å²) in [7, 11) is 0. The second kappa shape index (κ2) is 8.65. The van der Waals surface area contributed by atoms with E-state index in [1.54, 1.807) is 30.2 Å². The number of aromatic nitrogens is 2. The Labute approximate surface area is 175 Å². The van der Waals surface area contributed by atoms with Crippen molar-refractivity contribution in [1.29, 1.82) is 0 Å². The average molecular weight is 408 g/mol. The van der Waals surface area contributed by atoms with Crippen molar-refractivity contribution >= 4 is 22.8 Å². The molecule has 30 heavy (non-hydrogen) atoms. The molecule has 1 aliphatic rings. The van der Waals surface area contributed by atoms with Gasteiger partial charge in [0.2, 0.25) is 0 Å². The van der Waals surface area contributed by atoms with Gasteiger partial charge in [-0.15, -0.1) is 0 Å². The third-order valence-electron chi connectivity index (χ3n) is 5.52. The first-order valence-electron chi connectivity index (χ1n) is 10.3. The molecule has 1 fully saturated rings. The van der Waals surface area contributed by atoms with Crippen molar-refractivity contribution in [3.63, 3.8) is 0 Å². The summed E-state index contributed by atoms with van der Waals surface area (Å²) in [6.45, 7) is 4.68. The first kappa shape index (κ1) is 20.1. The van der Waals surface area contributed by atoms with Gasteiger partial charge in [0.05, 0.1) is 29.4 Å². The first-order chi connectivity index (χ1) is 14.6. The maximum Gasteiger partial charge on any atom is 0.258 e. The van der Waals surface area contributed by atoms with Gasteiger partial charge in [-0.05, 0) is 51.0 Å². The average Bonchev–Trinajstić information content (AvgIpc) is 2.76. The summed E-state index contributed by atoms with van der Waals surface area (Å²) in [5.41, 5.74) is 1.92. The van der Waals surface area contributed by atoms with Crippen LogP contribution in [-0.4, -0.2) is 46.0 Å². The molecule has 2 atom stereocenters. The molecule has 2 heterocycles. The minimum Gasteiger partial charge on any atom is -0.490 e. The van der Waals surface area contributed by atoms with Gasteiger partial charge in [-0.25, -0.2) is 9.37 Å². The number of carbonyl (C=O) groups is 1. The number of benzene rings is 2. The van der Waals surface area contributed by atoms with Crippen LogP contribution in [0.3, 0.4) is 0 Å². The second-order valence-corrected chi connectivity index (χ2v) is 7.43. The van der Waals surface area contributed by atoms with Gasteiger partial charge in [0, 0.05) is 18.6 Å². The van der Waals surface area contributed by atoms with Crippen LogP contribution in [0.5, 0.6) is 5.75 Å². The van der Waals surface area contributed by atoms with Gasteiger partial charge >= 0.3 is 0 Å². The molecule has 1 amide bonds. The van der Waals surface area contributed by atoms with E-state index >= 15 is 0 Å². The molecule has 2 aromatic carbocycles. The molecule has 6 nitrogen and oxygen atoms in total. The minimum atomic E-state index is -0.520. The zero-order valence-electron chi connectivity index (χ0n) is 17.1. The third-order valence-corrected chi connectivity index (χ3v) is 5.52. The van der Waals surface area contributed by atoms with Gasteiger partial charge in [0.15, 0.2) is 11.6 Å². The van der Waals surface area contributed by atoms with Gasteiger partial charge < -0.3 is 15.0 Å². The highest BCUT2D eigenvalue weighted by Gasteiger charge is 2.33. The molecule has 0 saturated carbocycles. The maximum absolute atomic E-state index is 14.2. The zero-order chi connectivity index (χ0) is 21.1. The number of carbonyl (C=O) groups excluding carboxylic acids is 1. The molecule has 1 N–H and O–H groups in total. The van der Waals surface area contributed by atoms with E-state index in [1.165, 1.54) is 6.07 Å². The van der Waals surface area contributed by atoms with E-state index in [-0.39, 0.29) is 29.3 Å². The Hall–Kier alpha value is -3.22. The van der Waals surface area contributed by atoms with Crippen LogP contribution in [0.1, 0.15) is 37.0 Å². The van der Waals surface area contributed by atoms with E-state index in [4.69, 9.17) is 4.74 Å². The number of hydrogen-bond donors (Lipinski definition) is 1. The summed E-state index contributed by atoms with van der Waals surface area (Å²) in [6, 6.07) is 12.1. The van der Waals surface area contributed by atoms with Crippen LogP contribution in [0.15, 0.2) is 48.7 Å². The predicted molar refractivity (Wildman–Crippen MR) is 114 cm³/mol. The molecule has 1 saturated heterocycles. The normalized spacial score (nSPS) is 19.0. The number of para-hydroxylation sites is 3. The zero-order valence-corrected chi connectivity index (χ0v) is 17.1. The Balaban J connectivity index is 1.55. The number of halogens is 1. The molecule has 7 heteroatoms. The number of piperidine rings is 1. The molecule has 3 aromatic rings. The summed E-state index contributed by atoms with van der Waals surface area (Å²) in [5, 5.41) is 3.44. The van der Waals surface area contributed by atoms with Crippen molar-refractivity contribution in [2.24, 2.45) is 0 Å². The molecule has 1 aromatic heterocycles. The van der Waals surface area contributed by atoms with E-state index in [0.29, 0.717) is 19.0 Å².